The molecule has 3 heteroatoms. The number of esters is 1. The lowest BCUT2D eigenvalue weighted by molar-refractivity contribution is -0.148. The van der Waals surface area contributed by atoms with Gasteiger partial charge in [-0.2, -0.15) is 0 Å². The third-order valence-corrected chi connectivity index (χ3v) is 2.26. The second-order valence-corrected chi connectivity index (χ2v) is 3.87. The smallest absolute Gasteiger partial charge is 0.308 e. The average Bonchev–Trinajstić information content (AvgIpc) is 2.51. The fourth-order valence-electron chi connectivity index (χ4n) is 0.704. The molecule has 66 valence electrons. The van der Waals surface area contributed by atoms with E-state index in [1.165, 1.54) is 0 Å². The van der Waals surface area contributed by atoms with Gasteiger partial charge in [-0.3, -0.25) is 4.79 Å². The van der Waals surface area contributed by atoms with Gasteiger partial charge in [-0.1, -0.05) is 19.9 Å². The molecule has 0 saturated carbocycles. The molecule has 0 spiro atoms. The number of carbonyl (C=O) groups excluding carboxylic acids is 1. The van der Waals surface area contributed by atoms with Gasteiger partial charge in [0.05, 0.1) is 5.92 Å². The Bertz CT molecular complexity index is 239. The van der Waals surface area contributed by atoms with Crippen molar-refractivity contribution >= 4 is 17.3 Å². The second kappa shape index (κ2) is 4.26. The van der Waals surface area contributed by atoms with E-state index in [9.17, 15) is 4.79 Å². The van der Waals surface area contributed by atoms with Crippen LogP contribution in [0.4, 0.5) is 0 Å². The van der Waals surface area contributed by atoms with Crippen LogP contribution in [0.5, 0.6) is 0 Å². The molecule has 0 unspecified atom stereocenters. The Balaban J connectivity index is 2.32. The summed E-state index contributed by atoms with van der Waals surface area (Å²) in [5.74, 6) is -0.173. The van der Waals surface area contributed by atoms with Gasteiger partial charge in [0.15, 0.2) is 0 Å². The van der Waals surface area contributed by atoms with Crippen LogP contribution < -0.4 is 0 Å². The highest BCUT2D eigenvalue weighted by Crippen LogP contribution is 2.10. The quantitative estimate of drug-likeness (QED) is 0.674. The first kappa shape index (κ1) is 9.26. The molecular weight excluding hydrogens is 172 g/mol. The third-order valence-electron chi connectivity index (χ3n) is 1.41. The van der Waals surface area contributed by atoms with Gasteiger partial charge in [-0.05, 0) is 11.4 Å². The van der Waals surface area contributed by atoms with Crippen LogP contribution in [0.25, 0.3) is 0 Å². The van der Waals surface area contributed by atoms with Crippen LogP contribution >= 0.6 is 11.3 Å². The fourth-order valence-corrected chi connectivity index (χ4v) is 1.32. The van der Waals surface area contributed by atoms with Crippen molar-refractivity contribution in [2.75, 3.05) is 0 Å². The summed E-state index contributed by atoms with van der Waals surface area (Å²) >= 11 is 1.60. The summed E-state index contributed by atoms with van der Waals surface area (Å²) in [5.41, 5.74) is 0. The molecule has 1 aromatic heterocycles. The number of rotatable bonds is 3. The minimum atomic E-state index is -0.136. The van der Waals surface area contributed by atoms with Gasteiger partial charge in [-0.25, -0.2) is 0 Å². The van der Waals surface area contributed by atoms with Gasteiger partial charge in [-0.15, -0.1) is 11.3 Å². The molecule has 2 nitrogen and oxygen atoms in total. The highest BCUT2D eigenvalue weighted by molar-refractivity contribution is 7.09. The van der Waals surface area contributed by atoms with Crippen LogP contribution in [0, 0.1) is 5.92 Å². The van der Waals surface area contributed by atoms with E-state index in [0.717, 1.165) is 4.88 Å². The van der Waals surface area contributed by atoms with Crippen molar-refractivity contribution in [1.29, 1.82) is 0 Å². The highest BCUT2D eigenvalue weighted by atomic mass is 32.1. The molecule has 0 bridgehead atoms. The van der Waals surface area contributed by atoms with Crippen molar-refractivity contribution in [2.24, 2.45) is 5.92 Å². The Hall–Kier alpha value is -0.830. The Morgan fingerprint density at radius 3 is 2.92 bits per heavy atom. The predicted octanol–water partition coefficient (Wildman–Crippen LogP) is 2.45. The average molecular weight is 184 g/mol. The summed E-state index contributed by atoms with van der Waals surface area (Å²) in [7, 11) is 0. The van der Waals surface area contributed by atoms with E-state index >= 15 is 0 Å². The molecular formula is C9H12O2S. The van der Waals surface area contributed by atoms with Gasteiger partial charge in [0.25, 0.3) is 0 Å². The number of hydrogen-bond donors (Lipinski definition) is 0. The van der Waals surface area contributed by atoms with E-state index in [4.69, 9.17) is 4.74 Å². The maximum absolute atomic E-state index is 11.0. The van der Waals surface area contributed by atoms with Crippen molar-refractivity contribution < 1.29 is 9.53 Å². The van der Waals surface area contributed by atoms with Crippen molar-refractivity contribution in [1.82, 2.24) is 0 Å². The van der Waals surface area contributed by atoms with Gasteiger partial charge >= 0.3 is 5.97 Å². The summed E-state index contributed by atoms with van der Waals surface area (Å²) < 4.78 is 5.02. The second-order valence-electron chi connectivity index (χ2n) is 2.84. The Kier molecular flexibility index (Phi) is 3.29. The van der Waals surface area contributed by atoms with Gasteiger partial charge in [0.1, 0.15) is 6.61 Å². The zero-order valence-electron chi connectivity index (χ0n) is 7.24. The molecule has 0 fully saturated rings. The van der Waals surface area contributed by atoms with Crippen molar-refractivity contribution in [3.8, 4) is 0 Å². The first-order valence-electron chi connectivity index (χ1n) is 3.89. The normalized spacial score (nSPS) is 10.2. The molecule has 0 aliphatic heterocycles. The molecule has 12 heavy (non-hydrogen) atoms. The summed E-state index contributed by atoms with van der Waals surface area (Å²) in [6, 6.07) is 3.90. The molecule has 1 rings (SSSR count). The Labute approximate surface area is 76.2 Å². The van der Waals surface area contributed by atoms with E-state index in [2.05, 4.69) is 0 Å². The Morgan fingerprint density at radius 2 is 2.42 bits per heavy atom. The molecule has 1 aromatic rings. The third kappa shape index (κ3) is 2.66. The van der Waals surface area contributed by atoms with Crippen LogP contribution in [0.15, 0.2) is 17.5 Å². The minimum absolute atomic E-state index is 0.0371. The predicted molar refractivity (Wildman–Crippen MR) is 49.0 cm³/mol. The van der Waals surface area contributed by atoms with Gasteiger partial charge in [0, 0.05) is 4.88 Å². The highest BCUT2D eigenvalue weighted by Gasteiger charge is 2.07. The number of hydrogen-bond acceptors (Lipinski definition) is 3. The molecule has 1 heterocycles. The molecule has 0 atom stereocenters. The number of carbonyl (C=O) groups is 1. The summed E-state index contributed by atoms with van der Waals surface area (Å²) in [6.07, 6.45) is 0. The first-order valence-corrected chi connectivity index (χ1v) is 4.77. The summed E-state index contributed by atoms with van der Waals surface area (Å²) in [5, 5.41) is 1.97. The molecule has 0 N–H and O–H groups in total. The van der Waals surface area contributed by atoms with E-state index in [1.54, 1.807) is 11.3 Å². The van der Waals surface area contributed by atoms with E-state index in [-0.39, 0.29) is 11.9 Å². The molecule has 0 aliphatic rings. The zero-order valence-corrected chi connectivity index (χ0v) is 8.06. The lowest BCUT2D eigenvalue weighted by Crippen LogP contribution is -2.10. The molecule has 0 amide bonds. The maximum Gasteiger partial charge on any atom is 0.308 e. The van der Waals surface area contributed by atoms with Crippen LogP contribution in [-0.4, -0.2) is 5.97 Å². The molecule has 0 aliphatic carbocycles. The number of thiophene rings is 1. The van der Waals surface area contributed by atoms with Crippen LogP contribution in [0.1, 0.15) is 18.7 Å². The van der Waals surface area contributed by atoms with Crippen molar-refractivity contribution in [2.45, 2.75) is 20.5 Å². The lowest BCUT2D eigenvalue weighted by Gasteiger charge is -2.04. The lowest BCUT2D eigenvalue weighted by atomic mass is 10.2. The monoisotopic (exact) mass is 184 g/mol. The summed E-state index contributed by atoms with van der Waals surface area (Å²) in [6.45, 7) is 4.07. The SMILES string of the molecule is CC(C)C(=O)OCc1cccs1. The van der Waals surface area contributed by atoms with E-state index in [0.29, 0.717) is 6.61 Å². The van der Waals surface area contributed by atoms with E-state index < -0.39 is 0 Å². The first-order chi connectivity index (χ1) is 5.70. The van der Waals surface area contributed by atoms with Crippen LogP contribution in [-0.2, 0) is 16.1 Å². The van der Waals surface area contributed by atoms with Gasteiger partial charge in [0.2, 0.25) is 0 Å². The van der Waals surface area contributed by atoms with Crippen molar-refractivity contribution in [3.05, 3.63) is 22.4 Å². The van der Waals surface area contributed by atoms with Crippen LogP contribution in [0.3, 0.4) is 0 Å². The van der Waals surface area contributed by atoms with E-state index in [1.807, 2.05) is 31.4 Å². The zero-order chi connectivity index (χ0) is 8.97. The van der Waals surface area contributed by atoms with Crippen LogP contribution in [0.2, 0.25) is 0 Å². The number of ether oxygens (including phenoxy) is 1. The fraction of sp³-hybridized carbons (Fsp3) is 0.444. The minimum Gasteiger partial charge on any atom is -0.460 e. The maximum atomic E-state index is 11.0. The molecule has 0 radical (unpaired) electrons. The standard InChI is InChI=1S/C9H12O2S/c1-7(2)9(10)11-6-8-4-3-5-12-8/h3-5,7H,6H2,1-2H3. The topological polar surface area (TPSA) is 26.3 Å². The Morgan fingerprint density at radius 1 is 1.67 bits per heavy atom. The summed E-state index contributed by atoms with van der Waals surface area (Å²) in [4.78, 5) is 12.1. The molecule has 0 aromatic carbocycles. The molecule has 0 saturated heterocycles. The van der Waals surface area contributed by atoms with Crippen molar-refractivity contribution in [3.63, 3.8) is 0 Å². The van der Waals surface area contributed by atoms with Gasteiger partial charge < -0.3 is 4.74 Å². The largest absolute Gasteiger partial charge is 0.460 e.